The summed E-state index contributed by atoms with van der Waals surface area (Å²) >= 11 is 0. The predicted octanol–water partition coefficient (Wildman–Crippen LogP) is 5.57. The summed E-state index contributed by atoms with van der Waals surface area (Å²) in [6.07, 6.45) is 0. The van der Waals surface area contributed by atoms with Crippen molar-refractivity contribution in [1.82, 2.24) is 0 Å². The maximum absolute atomic E-state index is 4.23. The molecular formula is C28H18Si2. The number of rotatable bonds is 2. The molecule has 138 valence electrons. The molecule has 0 N–H and O–H groups in total. The van der Waals surface area contributed by atoms with Gasteiger partial charge in [0.25, 0.3) is 0 Å². The highest BCUT2D eigenvalue weighted by atomic mass is 29.1. The average Bonchev–Trinajstić information content (AvgIpc) is 2.80. The second kappa shape index (κ2) is 6.94. The predicted molar refractivity (Wildman–Crippen MR) is 134 cm³/mol. The summed E-state index contributed by atoms with van der Waals surface area (Å²) in [7, 11) is 3.11. The smallest absolute Gasteiger partial charge is 0.0625 e. The van der Waals surface area contributed by atoms with Gasteiger partial charge in [-0.1, -0.05) is 95.3 Å². The molecule has 0 aromatic heterocycles. The zero-order chi connectivity index (χ0) is 20.1. The van der Waals surface area contributed by atoms with Gasteiger partial charge in [0.15, 0.2) is 0 Å². The fourth-order valence-electron chi connectivity index (χ4n) is 4.51. The van der Waals surface area contributed by atoms with E-state index in [1.165, 1.54) is 53.5 Å². The monoisotopic (exact) mass is 410 g/mol. The Morgan fingerprint density at radius 1 is 0.400 bits per heavy atom. The van der Waals surface area contributed by atoms with Crippen LogP contribution in [0.25, 0.3) is 43.1 Å². The minimum atomic E-state index is -1.12. The van der Waals surface area contributed by atoms with E-state index in [4.69, 9.17) is 0 Å². The van der Waals surface area contributed by atoms with Gasteiger partial charge < -0.3 is 0 Å². The fraction of sp³-hybridized carbons (Fsp3) is 0. The van der Waals surface area contributed by atoms with E-state index in [1.807, 2.05) is 0 Å². The van der Waals surface area contributed by atoms with Crippen LogP contribution in [0.5, 0.6) is 0 Å². The summed E-state index contributed by atoms with van der Waals surface area (Å²) in [5.74, 6) is 0. The molecule has 0 amide bonds. The molecule has 6 rings (SSSR count). The molecule has 0 aliphatic carbocycles. The molecule has 0 atom stereocenters. The van der Waals surface area contributed by atoms with Crippen LogP contribution < -0.4 is 10.4 Å². The van der Waals surface area contributed by atoms with Gasteiger partial charge in [-0.3, -0.25) is 0 Å². The molecule has 0 unspecified atom stereocenters. The molecule has 0 saturated heterocycles. The SMILES string of the molecule is [Si][Si](c1cccc2cc3ccccc3cc12)c1cccc2cc3ccccc3cc12. The molecule has 0 saturated carbocycles. The Morgan fingerprint density at radius 2 is 0.767 bits per heavy atom. The molecule has 0 bridgehead atoms. The highest BCUT2D eigenvalue weighted by Gasteiger charge is 2.17. The van der Waals surface area contributed by atoms with Crippen molar-refractivity contribution in [3.05, 3.63) is 109 Å². The van der Waals surface area contributed by atoms with Crippen LogP contribution in [0.2, 0.25) is 0 Å². The van der Waals surface area contributed by atoms with E-state index in [2.05, 4.69) is 119 Å². The number of fused-ring (bicyclic) bond motifs is 4. The standard InChI is InChI=1S/C28H18Si2/c29-30(27-13-5-11-23-15-19-7-1-3-9-21(19)17-25(23)27)28-14-6-12-24-16-20-8-2-4-10-22(20)18-26(24)28/h1-18H. The summed E-state index contributed by atoms with van der Waals surface area (Å²) < 4.78 is 0. The maximum atomic E-state index is 4.23. The molecule has 0 aliphatic heterocycles. The molecule has 6 aromatic rings. The molecule has 30 heavy (non-hydrogen) atoms. The first kappa shape index (κ1) is 17.6. The van der Waals surface area contributed by atoms with Gasteiger partial charge in [0, 0.05) is 9.76 Å². The third kappa shape index (κ3) is 2.80. The van der Waals surface area contributed by atoms with Crippen molar-refractivity contribution in [2.45, 2.75) is 0 Å². The number of hydrogen-bond donors (Lipinski definition) is 0. The molecule has 0 nitrogen and oxygen atoms in total. The van der Waals surface area contributed by atoms with Crippen molar-refractivity contribution in [1.29, 1.82) is 0 Å². The van der Waals surface area contributed by atoms with Crippen molar-refractivity contribution < 1.29 is 0 Å². The first-order valence-corrected chi connectivity index (χ1v) is 13.2. The lowest BCUT2D eigenvalue weighted by Gasteiger charge is -2.17. The van der Waals surface area contributed by atoms with Crippen LogP contribution in [-0.4, -0.2) is 18.1 Å². The van der Waals surface area contributed by atoms with Crippen molar-refractivity contribution >= 4 is 71.5 Å². The van der Waals surface area contributed by atoms with Gasteiger partial charge >= 0.3 is 0 Å². The molecule has 0 spiro atoms. The Bertz CT molecular complexity index is 1450. The maximum Gasteiger partial charge on any atom is 0.104 e. The molecule has 0 aliphatic rings. The van der Waals surface area contributed by atoms with Crippen molar-refractivity contribution in [2.24, 2.45) is 0 Å². The lowest BCUT2D eigenvalue weighted by atomic mass is 10.0. The summed E-state index contributed by atoms with van der Waals surface area (Å²) in [5, 5.41) is 13.3. The van der Waals surface area contributed by atoms with Crippen LogP contribution in [-0.2, 0) is 0 Å². The lowest BCUT2D eigenvalue weighted by Crippen LogP contribution is -2.43. The third-order valence-electron chi connectivity index (χ3n) is 6.03. The fourth-order valence-corrected chi connectivity index (χ4v) is 7.61. The van der Waals surface area contributed by atoms with E-state index < -0.39 is 8.31 Å². The quantitative estimate of drug-likeness (QED) is 0.258. The third-order valence-corrected chi connectivity index (χ3v) is 9.60. The van der Waals surface area contributed by atoms with Crippen LogP contribution in [0.3, 0.4) is 0 Å². The first-order chi connectivity index (χ1) is 14.8. The Hall–Kier alpha value is -3.21. The first-order valence-electron chi connectivity index (χ1n) is 10.2. The van der Waals surface area contributed by atoms with Crippen molar-refractivity contribution in [3.63, 3.8) is 0 Å². The molecule has 2 heteroatoms. The zero-order valence-corrected chi connectivity index (χ0v) is 18.4. The van der Waals surface area contributed by atoms with E-state index in [0.717, 1.165) is 0 Å². The highest BCUT2D eigenvalue weighted by molar-refractivity contribution is 7.20. The van der Waals surface area contributed by atoms with Crippen LogP contribution in [0.15, 0.2) is 109 Å². The Balaban J connectivity index is 1.60. The Morgan fingerprint density at radius 3 is 1.20 bits per heavy atom. The van der Waals surface area contributed by atoms with E-state index >= 15 is 0 Å². The van der Waals surface area contributed by atoms with Crippen molar-refractivity contribution in [3.8, 4) is 0 Å². The van der Waals surface area contributed by atoms with Crippen LogP contribution in [0, 0.1) is 0 Å². The second-order valence-corrected chi connectivity index (χ2v) is 11.2. The molecule has 0 fully saturated rings. The van der Waals surface area contributed by atoms with E-state index in [9.17, 15) is 0 Å². The largest absolute Gasteiger partial charge is 0.104 e. The van der Waals surface area contributed by atoms with Crippen molar-refractivity contribution in [2.75, 3.05) is 0 Å². The molecule has 6 aromatic carbocycles. The second-order valence-electron chi connectivity index (χ2n) is 7.83. The summed E-state index contributed by atoms with van der Waals surface area (Å²) in [4.78, 5) is 0. The summed E-state index contributed by atoms with van der Waals surface area (Å²) in [5.41, 5.74) is 0. The van der Waals surface area contributed by atoms with Gasteiger partial charge in [-0.25, -0.2) is 0 Å². The zero-order valence-electron chi connectivity index (χ0n) is 16.4. The van der Waals surface area contributed by atoms with Crippen LogP contribution in [0.4, 0.5) is 0 Å². The molecule has 4 radical (unpaired) electrons. The lowest BCUT2D eigenvalue weighted by molar-refractivity contribution is 1.77. The normalized spacial score (nSPS) is 11.8. The van der Waals surface area contributed by atoms with E-state index in [1.54, 1.807) is 0 Å². The van der Waals surface area contributed by atoms with Gasteiger partial charge in [-0.05, 0) is 67.4 Å². The minimum absolute atomic E-state index is 1.12. The average molecular weight is 411 g/mol. The minimum Gasteiger partial charge on any atom is -0.0625 e. The van der Waals surface area contributed by atoms with Gasteiger partial charge in [0.05, 0.1) is 0 Å². The summed E-state index contributed by atoms with van der Waals surface area (Å²) in [6, 6.07) is 40.0. The molecular weight excluding hydrogens is 392 g/mol. The Kier molecular flexibility index (Phi) is 4.08. The number of hydrogen-bond acceptors (Lipinski definition) is 0. The van der Waals surface area contributed by atoms with E-state index in [-0.39, 0.29) is 0 Å². The highest BCUT2D eigenvalue weighted by Crippen LogP contribution is 2.24. The van der Waals surface area contributed by atoms with Gasteiger partial charge in [-0.15, -0.1) is 0 Å². The summed E-state index contributed by atoms with van der Waals surface area (Å²) in [6.45, 7) is 0. The van der Waals surface area contributed by atoms with Gasteiger partial charge in [0.1, 0.15) is 8.31 Å². The number of benzene rings is 6. The molecule has 0 heterocycles. The van der Waals surface area contributed by atoms with E-state index in [0.29, 0.717) is 0 Å². The van der Waals surface area contributed by atoms with Gasteiger partial charge in [0.2, 0.25) is 0 Å². The Labute approximate surface area is 180 Å². The topological polar surface area (TPSA) is 0 Å². The van der Waals surface area contributed by atoms with Crippen LogP contribution >= 0.6 is 0 Å². The van der Waals surface area contributed by atoms with Gasteiger partial charge in [-0.2, -0.15) is 0 Å². The van der Waals surface area contributed by atoms with Crippen LogP contribution in [0.1, 0.15) is 0 Å².